The summed E-state index contributed by atoms with van der Waals surface area (Å²) in [6, 6.07) is 2.22. The lowest BCUT2D eigenvalue weighted by Crippen LogP contribution is -2.11. The smallest absolute Gasteiger partial charge is 0.195 e. The molecule has 98 valence electrons. The highest BCUT2D eigenvalue weighted by Gasteiger charge is 2.18. The minimum atomic E-state index is 0.148. The van der Waals surface area contributed by atoms with Crippen LogP contribution in [0.4, 0.5) is 0 Å². The van der Waals surface area contributed by atoms with Crippen LogP contribution in [-0.4, -0.2) is 14.8 Å². The maximum Gasteiger partial charge on any atom is 0.195 e. The standard InChI is InChI=1S/C13H19N3OS/c1-5-6-12-14-15-13(18)16(12)9(3)11-7-8(2)17-10(11)4/h7,9H,5-6H2,1-4H3,(H,15,18). The van der Waals surface area contributed by atoms with Crippen LogP contribution in [-0.2, 0) is 6.42 Å². The third-order valence-electron chi connectivity index (χ3n) is 3.17. The summed E-state index contributed by atoms with van der Waals surface area (Å²) in [6.45, 7) is 8.22. The Labute approximate surface area is 112 Å². The van der Waals surface area contributed by atoms with Crippen LogP contribution in [0.15, 0.2) is 10.5 Å². The Balaban J connectivity index is 2.45. The normalized spacial score (nSPS) is 12.9. The van der Waals surface area contributed by atoms with Crippen molar-refractivity contribution in [3.8, 4) is 0 Å². The zero-order valence-electron chi connectivity index (χ0n) is 11.3. The van der Waals surface area contributed by atoms with Crippen LogP contribution in [0.1, 0.15) is 49.2 Å². The van der Waals surface area contributed by atoms with Gasteiger partial charge in [0.2, 0.25) is 0 Å². The zero-order valence-corrected chi connectivity index (χ0v) is 12.1. The van der Waals surface area contributed by atoms with Gasteiger partial charge >= 0.3 is 0 Å². The van der Waals surface area contributed by atoms with Crippen molar-refractivity contribution in [3.63, 3.8) is 0 Å². The van der Waals surface area contributed by atoms with Crippen LogP contribution in [0.5, 0.6) is 0 Å². The first kappa shape index (κ1) is 13.1. The van der Waals surface area contributed by atoms with Gasteiger partial charge in [0.25, 0.3) is 0 Å². The van der Waals surface area contributed by atoms with Gasteiger partial charge in [-0.15, -0.1) is 0 Å². The van der Waals surface area contributed by atoms with Crippen molar-refractivity contribution >= 4 is 12.2 Å². The van der Waals surface area contributed by atoms with E-state index in [2.05, 4.69) is 34.7 Å². The number of hydrogen-bond acceptors (Lipinski definition) is 3. The average molecular weight is 265 g/mol. The van der Waals surface area contributed by atoms with Gasteiger partial charge in [0.05, 0.1) is 6.04 Å². The first-order valence-electron chi connectivity index (χ1n) is 6.27. The molecule has 2 rings (SSSR count). The van der Waals surface area contributed by atoms with E-state index in [1.807, 2.05) is 13.8 Å². The first-order chi connectivity index (χ1) is 8.54. The van der Waals surface area contributed by atoms with Gasteiger partial charge < -0.3 is 4.42 Å². The van der Waals surface area contributed by atoms with Crippen molar-refractivity contribution in [2.45, 2.75) is 46.6 Å². The molecule has 0 radical (unpaired) electrons. The van der Waals surface area contributed by atoms with E-state index in [9.17, 15) is 0 Å². The lowest BCUT2D eigenvalue weighted by atomic mass is 10.1. The fourth-order valence-corrected chi connectivity index (χ4v) is 2.65. The van der Waals surface area contributed by atoms with Crippen LogP contribution in [0, 0.1) is 18.6 Å². The number of H-pyrrole nitrogens is 1. The van der Waals surface area contributed by atoms with E-state index in [4.69, 9.17) is 16.6 Å². The predicted octanol–water partition coefficient (Wildman–Crippen LogP) is 3.71. The number of furan rings is 1. The molecule has 1 unspecified atom stereocenters. The number of hydrogen-bond donors (Lipinski definition) is 1. The Hall–Kier alpha value is -1.36. The van der Waals surface area contributed by atoms with Crippen molar-refractivity contribution < 1.29 is 4.42 Å². The number of aromatic nitrogens is 3. The van der Waals surface area contributed by atoms with Gasteiger partial charge in [0.15, 0.2) is 4.77 Å². The van der Waals surface area contributed by atoms with Crippen LogP contribution in [0.3, 0.4) is 0 Å². The van der Waals surface area contributed by atoms with Gasteiger partial charge in [-0.3, -0.25) is 9.67 Å². The Morgan fingerprint density at radius 2 is 2.22 bits per heavy atom. The minimum Gasteiger partial charge on any atom is -0.466 e. The summed E-state index contributed by atoms with van der Waals surface area (Å²) < 4.78 is 8.35. The summed E-state index contributed by atoms with van der Waals surface area (Å²) in [4.78, 5) is 0. The predicted molar refractivity (Wildman–Crippen MR) is 73.4 cm³/mol. The molecule has 0 aliphatic heterocycles. The molecular formula is C13H19N3OS. The molecular weight excluding hydrogens is 246 g/mol. The number of aromatic amines is 1. The molecule has 0 aromatic carbocycles. The Morgan fingerprint density at radius 3 is 2.78 bits per heavy atom. The molecule has 2 heterocycles. The molecule has 2 aromatic rings. The Kier molecular flexibility index (Phi) is 3.71. The van der Waals surface area contributed by atoms with Crippen LogP contribution in [0.25, 0.3) is 0 Å². The fraction of sp³-hybridized carbons (Fsp3) is 0.538. The SMILES string of the molecule is CCCc1n[nH]c(=S)n1C(C)c1cc(C)oc1C. The number of rotatable bonds is 4. The third-order valence-corrected chi connectivity index (χ3v) is 3.46. The summed E-state index contributed by atoms with van der Waals surface area (Å²) in [5.41, 5.74) is 1.17. The van der Waals surface area contributed by atoms with Gasteiger partial charge in [-0.25, -0.2) is 0 Å². The fourth-order valence-electron chi connectivity index (χ4n) is 2.34. The molecule has 18 heavy (non-hydrogen) atoms. The highest BCUT2D eigenvalue weighted by molar-refractivity contribution is 7.71. The first-order valence-corrected chi connectivity index (χ1v) is 6.68. The van der Waals surface area contributed by atoms with Gasteiger partial charge in [-0.05, 0) is 45.5 Å². The Bertz CT molecular complexity index is 594. The quantitative estimate of drug-likeness (QED) is 0.857. The molecule has 5 heteroatoms. The Morgan fingerprint density at radius 1 is 1.50 bits per heavy atom. The van der Waals surface area contributed by atoms with E-state index >= 15 is 0 Å². The molecule has 0 saturated carbocycles. The van der Waals surface area contributed by atoms with Crippen molar-refractivity contribution in [3.05, 3.63) is 33.7 Å². The van der Waals surface area contributed by atoms with E-state index in [1.165, 1.54) is 5.56 Å². The molecule has 0 fully saturated rings. The maximum absolute atomic E-state index is 5.60. The van der Waals surface area contributed by atoms with E-state index in [0.29, 0.717) is 4.77 Å². The van der Waals surface area contributed by atoms with E-state index in [-0.39, 0.29) is 6.04 Å². The van der Waals surface area contributed by atoms with E-state index < -0.39 is 0 Å². The maximum atomic E-state index is 5.60. The largest absolute Gasteiger partial charge is 0.466 e. The lowest BCUT2D eigenvalue weighted by Gasteiger charge is -2.14. The van der Waals surface area contributed by atoms with Crippen molar-refractivity contribution in [2.75, 3.05) is 0 Å². The van der Waals surface area contributed by atoms with Gasteiger partial charge in [0.1, 0.15) is 17.3 Å². The molecule has 4 nitrogen and oxygen atoms in total. The molecule has 1 atom stereocenters. The minimum absolute atomic E-state index is 0.148. The van der Waals surface area contributed by atoms with Crippen LogP contribution in [0.2, 0.25) is 0 Å². The van der Waals surface area contributed by atoms with Crippen molar-refractivity contribution in [2.24, 2.45) is 0 Å². The summed E-state index contributed by atoms with van der Waals surface area (Å²) >= 11 is 5.33. The molecule has 0 amide bonds. The van der Waals surface area contributed by atoms with Crippen molar-refractivity contribution in [1.29, 1.82) is 0 Å². The topological polar surface area (TPSA) is 46.8 Å². The van der Waals surface area contributed by atoms with Gasteiger partial charge in [-0.2, -0.15) is 5.10 Å². The molecule has 2 aromatic heterocycles. The van der Waals surface area contributed by atoms with Gasteiger partial charge in [-0.1, -0.05) is 6.92 Å². The average Bonchev–Trinajstić information content (AvgIpc) is 2.82. The van der Waals surface area contributed by atoms with E-state index in [0.717, 1.165) is 30.2 Å². The second-order valence-corrected chi connectivity index (χ2v) is 5.00. The van der Waals surface area contributed by atoms with E-state index in [1.54, 1.807) is 0 Å². The van der Waals surface area contributed by atoms with Crippen LogP contribution < -0.4 is 0 Å². The summed E-state index contributed by atoms with van der Waals surface area (Å²) in [7, 11) is 0. The number of nitrogens with zero attached hydrogens (tertiary/aromatic N) is 2. The van der Waals surface area contributed by atoms with Crippen LogP contribution >= 0.6 is 12.2 Å². The number of aryl methyl sites for hydroxylation is 3. The number of nitrogens with one attached hydrogen (secondary N) is 1. The summed E-state index contributed by atoms with van der Waals surface area (Å²) in [5.74, 6) is 2.89. The second kappa shape index (κ2) is 5.10. The molecule has 0 aliphatic rings. The second-order valence-electron chi connectivity index (χ2n) is 4.61. The summed E-state index contributed by atoms with van der Waals surface area (Å²) in [5, 5.41) is 7.19. The third kappa shape index (κ3) is 2.27. The molecule has 0 aliphatic carbocycles. The molecule has 1 N–H and O–H groups in total. The zero-order chi connectivity index (χ0) is 13.3. The molecule has 0 bridgehead atoms. The highest BCUT2D eigenvalue weighted by atomic mass is 32.1. The monoisotopic (exact) mass is 265 g/mol. The van der Waals surface area contributed by atoms with Gasteiger partial charge in [0, 0.05) is 12.0 Å². The molecule has 0 spiro atoms. The summed E-state index contributed by atoms with van der Waals surface area (Å²) in [6.07, 6.45) is 1.98. The highest BCUT2D eigenvalue weighted by Crippen LogP contribution is 2.26. The molecule has 0 saturated heterocycles. The lowest BCUT2D eigenvalue weighted by molar-refractivity contribution is 0.491. The van der Waals surface area contributed by atoms with Crippen molar-refractivity contribution in [1.82, 2.24) is 14.8 Å².